The van der Waals surface area contributed by atoms with Gasteiger partial charge in [0, 0.05) is 10.0 Å². The van der Waals surface area contributed by atoms with Gasteiger partial charge in [-0.2, -0.15) is 5.10 Å². The molecule has 0 unspecified atom stereocenters. The van der Waals surface area contributed by atoms with Crippen LogP contribution in [0.1, 0.15) is 5.56 Å². The van der Waals surface area contributed by atoms with E-state index in [0.717, 1.165) is 21.3 Å². The molecule has 1 amide bonds. The van der Waals surface area contributed by atoms with E-state index in [1.807, 2.05) is 72.2 Å². The van der Waals surface area contributed by atoms with E-state index >= 15 is 0 Å². The van der Waals surface area contributed by atoms with Crippen LogP contribution >= 0.6 is 28.1 Å². The summed E-state index contributed by atoms with van der Waals surface area (Å²) in [6, 6.07) is 23.1. The van der Waals surface area contributed by atoms with Crippen molar-refractivity contribution in [2.24, 2.45) is 0 Å². The fourth-order valence-corrected chi connectivity index (χ4v) is 3.93. The van der Waals surface area contributed by atoms with Crippen LogP contribution in [-0.2, 0) is 11.3 Å². The summed E-state index contributed by atoms with van der Waals surface area (Å²) in [4.78, 5) is 12.8. The third-order valence-corrected chi connectivity index (χ3v) is 5.80. The van der Waals surface area contributed by atoms with Gasteiger partial charge in [0.05, 0.1) is 18.5 Å². The highest BCUT2D eigenvalue weighted by atomic mass is 79.9. The second-order valence-corrected chi connectivity index (χ2v) is 8.47. The van der Waals surface area contributed by atoms with E-state index in [4.69, 9.17) is 22.1 Å². The quantitative estimate of drug-likeness (QED) is 0.335. The minimum Gasteiger partial charge on any atom is -0.495 e. The zero-order chi connectivity index (χ0) is 22.7. The molecule has 0 aliphatic rings. The molecule has 0 fully saturated rings. The normalized spacial score (nSPS) is 10.7. The van der Waals surface area contributed by atoms with E-state index < -0.39 is 0 Å². The largest absolute Gasteiger partial charge is 0.495 e. The summed E-state index contributed by atoms with van der Waals surface area (Å²) in [5, 5.41) is 7.58. The number of anilines is 1. The number of rotatable bonds is 6. The molecule has 8 heteroatoms. The number of nitrogens with zero attached hydrogens (tertiary/aromatic N) is 3. The Balaban J connectivity index is 1.73. The average Bonchev–Trinajstić information content (AvgIpc) is 3.10. The number of aryl methyl sites for hydroxylation is 1. The van der Waals surface area contributed by atoms with Crippen molar-refractivity contribution < 1.29 is 9.53 Å². The van der Waals surface area contributed by atoms with Gasteiger partial charge in [-0.05, 0) is 61.1 Å². The fourth-order valence-electron chi connectivity index (χ4n) is 3.37. The molecule has 0 spiro atoms. The SMILES string of the molecule is COc1ccccc1NC(=O)Cn1nc(-c2ccc(Br)cc2)n(-c2cccc(C)c2)c1=S. The lowest BCUT2D eigenvalue weighted by Gasteiger charge is -2.09. The van der Waals surface area contributed by atoms with Crippen molar-refractivity contribution in [2.75, 3.05) is 12.4 Å². The predicted molar refractivity (Wildman–Crippen MR) is 132 cm³/mol. The van der Waals surface area contributed by atoms with E-state index in [1.54, 1.807) is 23.9 Å². The van der Waals surface area contributed by atoms with Crippen LogP contribution in [0, 0.1) is 11.7 Å². The van der Waals surface area contributed by atoms with Gasteiger partial charge >= 0.3 is 0 Å². The molecule has 0 atom stereocenters. The number of halogens is 1. The minimum atomic E-state index is -0.248. The first kappa shape index (κ1) is 22.0. The van der Waals surface area contributed by atoms with Gasteiger partial charge in [-0.25, -0.2) is 4.68 Å². The van der Waals surface area contributed by atoms with Crippen molar-refractivity contribution in [1.82, 2.24) is 14.3 Å². The molecule has 1 heterocycles. The first-order valence-corrected chi connectivity index (χ1v) is 11.1. The first-order valence-electron chi connectivity index (χ1n) is 9.92. The molecule has 1 N–H and O–H groups in total. The molecular weight excluding hydrogens is 488 g/mol. The number of amides is 1. The maximum atomic E-state index is 12.8. The number of benzene rings is 3. The molecule has 3 aromatic carbocycles. The van der Waals surface area contributed by atoms with Crippen molar-refractivity contribution in [2.45, 2.75) is 13.5 Å². The summed E-state index contributed by atoms with van der Waals surface area (Å²) in [6.45, 7) is 2.00. The molecule has 162 valence electrons. The Morgan fingerprint density at radius 1 is 1.09 bits per heavy atom. The average molecular weight is 509 g/mol. The molecule has 0 bridgehead atoms. The first-order chi connectivity index (χ1) is 15.5. The number of ether oxygens (including phenoxy) is 1. The lowest BCUT2D eigenvalue weighted by Crippen LogP contribution is -2.20. The highest BCUT2D eigenvalue weighted by molar-refractivity contribution is 9.10. The second-order valence-electron chi connectivity index (χ2n) is 7.19. The third-order valence-electron chi connectivity index (χ3n) is 4.88. The van der Waals surface area contributed by atoms with Gasteiger partial charge in [-0.3, -0.25) is 9.36 Å². The standard InChI is InChI=1S/C24H21BrN4O2S/c1-16-6-5-7-19(14-16)29-23(17-10-12-18(25)13-11-17)27-28(24(29)32)15-22(30)26-20-8-3-4-9-21(20)31-2/h3-14H,15H2,1-2H3,(H,26,30). The summed E-state index contributed by atoms with van der Waals surface area (Å²) in [5.74, 6) is 1.00. The monoisotopic (exact) mass is 508 g/mol. The molecule has 32 heavy (non-hydrogen) atoms. The smallest absolute Gasteiger partial charge is 0.246 e. The van der Waals surface area contributed by atoms with Gasteiger partial charge < -0.3 is 10.1 Å². The van der Waals surface area contributed by atoms with Gasteiger partial charge in [0.1, 0.15) is 12.3 Å². The Hall–Kier alpha value is -3.23. The molecule has 0 saturated carbocycles. The molecule has 0 aliphatic carbocycles. The predicted octanol–water partition coefficient (Wildman–Crippen LogP) is 5.79. The summed E-state index contributed by atoms with van der Waals surface area (Å²) in [5.41, 5.74) is 3.49. The summed E-state index contributed by atoms with van der Waals surface area (Å²) in [6.07, 6.45) is 0. The van der Waals surface area contributed by atoms with Crippen molar-refractivity contribution in [3.05, 3.63) is 87.6 Å². The number of carbonyl (C=O) groups is 1. The van der Waals surface area contributed by atoms with Crippen molar-refractivity contribution in [1.29, 1.82) is 0 Å². The van der Waals surface area contributed by atoms with E-state index in [9.17, 15) is 4.79 Å². The molecule has 4 rings (SSSR count). The zero-order valence-electron chi connectivity index (χ0n) is 17.6. The summed E-state index contributed by atoms with van der Waals surface area (Å²) in [7, 11) is 1.56. The topological polar surface area (TPSA) is 61.1 Å². The van der Waals surface area contributed by atoms with Crippen LogP contribution in [0.2, 0.25) is 0 Å². The number of hydrogen-bond donors (Lipinski definition) is 1. The molecule has 0 radical (unpaired) electrons. The Bertz CT molecular complexity index is 1330. The van der Waals surface area contributed by atoms with Crippen LogP contribution in [-0.4, -0.2) is 27.4 Å². The number of methoxy groups -OCH3 is 1. The van der Waals surface area contributed by atoms with Crippen LogP contribution in [0.15, 0.2) is 77.3 Å². The Morgan fingerprint density at radius 3 is 2.56 bits per heavy atom. The Morgan fingerprint density at radius 2 is 1.84 bits per heavy atom. The number of carbonyl (C=O) groups excluding carboxylic acids is 1. The zero-order valence-corrected chi connectivity index (χ0v) is 20.0. The van der Waals surface area contributed by atoms with Gasteiger partial charge in [-0.1, -0.05) is 52.3 Å². The molecule has 0 aliphatic heterocycles. The van der Waals surface area contributed by atoms with Crippen LogP contribution in [0.25, 0.3) is 17.1 Å². The molecular formula is C24H21BrN4O2S. The fraction of sp³-hybridized carbons (Fsp3) is 0.125. The van der Waals surface area contributed by atoms with Crippen LogP contribution < -0.4 is 10.1 Å². The minimum absolute atomic E-state index is 0.0285. The van der Waals surface area contributed by atoms with Crippen molar-refractivity contribution >= 4 is 39.7 Å². The van der Waals surface area contributed by atoms with E-state index in [0.29, 0.717) is 22.0 Å². The lowest BCUT2D eigenvalue weighted by atomic mass is 10.2. The van der Waals surface area contributed by atoms with E-state index in [2.05, 4.69) is 21.2 Å². The van der Waals surface area contributed by atoms with Gasteiger partial charge in [0.15, 0.2) is 5.82 Å². The number of hydrogen-bond acceptors (Lipinski definition) is 4. The molecule has 4 aromatic rings. The van der Waals surface area contributed by atoms with Gasteiger partial charge in [0.25, 0.3) is 0 Å². The molecule has 1 aromatic heterocycles. The molecule has 6 nitrogen and oxygen atoms in total. The lowest BCUT2D eigenvalue weighted by molar-refractivity contribution is -0.116. The van der Waals surface area contributed by atoms with Gasteiger partial charge in [0.2, 0.25) is 10.7 Å². The number of nitrogens with one attached hydrogen (secondary N) is 1. The highest BCUT2D eigenvalue weighted by Gasteiger charge is 2.17. The van der Waals surface area contributed by atoms with Gasteiger partial charge in [-0.15, -0.1) is 0 Å². The molecule has 0 saturated heterocycles. The number of para-hydroxylation sites is 2. The Kier molecular flexibility index (Phi) is 6.53. The summed E-state index contributed by atoms with van der Waals surface area (Å²) >= 11 is 9.22. The second kappa shape index (κ2) is 9.50. The maximum absolute atomic E-state index is 12.8. The summed E-state index contributed by atoms with van der Waals surface area (Å²) < 4.78 is 10.2. The van der Waals surface area contributed by atoms with Crippen LogP contribution in [0.4, 0.5) is 5.69 Å². The Labute approximate surface area is 199 Å². The maximum Gasteiger partial charge on any atom is 0.246 e. The van der Waals surface area contributed by atoms with Crippen LogP contribution in [0.5, 0.6) is 5.75 Å². The van der Waals surface area contributed by atoms with E-state index in [-0.39, 0.29) is 12.5 Å². The van der Waals surface area contributed by atoms with Crippen LogP contribution in [0.3, 0.4) is 0 Å². The van der Waals surface area contributed by atoms with Crippen molar-refractivity contribution in [3.63, 3.8) is 0 Å². The van der Waals surface area contributed by atoms with E-state index in [1.165, 1.54) is 0 Å². The van der Waals surface area contributed by atoms with Crippen molar-refractivity contribution in [3.8, 4) is 22.8 Å². The number of aromatic nitrogens is 3. The highest BCUT2D eigenvalue weighted by Crippen LogP contribution is 2.26. The third kappa shape index (κ3) is 4.66.